The molecule has 0 N–H and O–H groups in total. The maximum atomic E-state index is 2.50. The second-order valence-electron chi connectivity index (χ2n) is 7.47. The first-order valence-corrected chi connectivity index (χ1v) is 9.33. The van der Waals surface area contributed by atoms with E-state index in [0.717, 1.165) is 13.0 Å². The zero-order valence-corrected chi connectivity index (χ0v) is 14.8. The molecule has 5 aromatic rings. The van der Waals surface area contributed by atoms with Gasteiger partial charge in [-0.15, -0.1) is 0 Å². The van der Waals surface area contributed by atoms with Gasteiger partial charge in [0, 0.05) is 23.3 Å². The minimum absolute atomic E-state index is 1.06. The van der Waals surface area contributed by atoms with Crippen LogP contribution in [0.15, 0.2) is 72.8 Å². The summed E-state index contributed by atoms with van der Waals surface area (Å²) in [6.07, 6.45) is 1.12. The normalized spacial score (nSPS) is 14.0. The first kappa shape index (κ1) is 14.1. The number of nitrogens with zero attached hydrogens (tertiary/aromatic N) is 1. The minimum Gasteiger partial charge on any atom is -0.340 e. The molecule has 0 bridgehead atoms. The van der Waals surface area contributed by atoms with E-state index >= 15 is 0 Å². The molecular formula is C25H19N. The number of rotatable bonds is 1. The molecule has 5 aromatic carbocycles. The van der Waals surface area contributed by atoms with Gasteiger partial charge in [0.15, 0.2) is 0 Å². The third-order valence-electron chi connectivity index (χ3n) is 5.93. The van der Waals surface area contributed by atoms with Crippen molar-refractivity contribution < 1.29 is 0 Å². The molecule has 124 valence electrons. The molecule has 0 aromatic heterocycles. The highest BCUT2D eigenvalue weighted by atomic mass is 15.2. The van der Waals surface area contributed by atoms with Crippen LogP contribution in [0.2, 0.25) is 0 Å². The zero-order valence-electron chi connectivity index (χ0n) is 14.8. The third-order valence-corrected chi connectivity index (χ3v) is 5.93. The molecule has 0 aliphatic carbocycles. The van der Waals surface area contributed by atoms with Crippen LogP contribution < -0.4 is 4.90 Å². The van der Waals surface area contributed by atoms with Gasteiger partial charge in [-0.2, -0.15) is 0 Å². The Labute approximate surface area is 152 Å². The van der Waals surface area contributed by atoms with Gasteiger partial charge in [0.2, 0.25) is 0 Å². The Hall–Kier alpha value is -3.06. The fourth-order valence-corrected chi connectivity index (χ4v) is 4.74. The number of hydrogen-bond acceptors (Lipinski definition) is 1. The van der Waals surface area contributed by atoms with Crippen LogP contribution in [-0.4, -0.2) is 6.54 Å². The summed E-state index contributed by atoms with van der Waals surface area (Å²) in [6.45, 7) is 3.24. The summed E-state index contributed by atoms with van der Waals surface area (Å²) in [7, 11) is 0. The minimum atomic E-state index is 1.06. The van der Waals surface area contributed by atoms with E-state index in [1.165, 1.54) is 54.8 Å². The largest absolute Gasteiger partial charge is 0.340 e. The lowest BCUT2D eigenvalue weighted by Gasteiger charge is -2.23. The number of benzene rings is 5. The molecule has 1 aliphatic rings. The Morgan fingerprint density at radius 3 is 2.23 bits per heavy atom. The summed E-state index contributed by atoms with van der Waals surface area (Å²) in [5.74, 6) is 0. The summed E-state index contributed by atoms with van der Waals surface area (Å²) in [5, 5.41) is 8.15. The lowest BCUT2D eigenvalue weighted by molar-refractivity contribution is 1.00. The molecule has 0 amide bonds. The van der Waals surface area contributed by atoms with Gasteiger partial charge in [-0.25, -0.2) is 0 Å². The molecule has 1 aliphatic heterocycles. The van der Waals surface area contributed by atoms with Crippen molar-refractivity contribution in [1.82, 2.24) is 0 Å². The van der Waals surface area contributed by atoms with E-state index in [-0.39, 0.29) is 0 Å². The predicted octanol–water partition coefficient (Wildman–Crippen LogP) is 6.59. The first-order chi connectivity index (χ1) is 12.8. The van der Waals surface area contributed by atoms with Crippen molar-refractivity contribution in [3.05, 3.63) is 83.9 Å². The van der Waals surface area contributed by atoms with Crippen LogP contribution in [0.3, 0.4) is 0 Å². The van der Waals surface area contributed by atoms with Gasteiger partial charge in [0.05, 0.1) is 0 Å². The molecular weight excluding hydrogens is 314 g/mol. The molecule has 0 radical (unpaired) electrons. The maximum absolute atomic E-state index is 2.50. The van der Waals surface area contributed by atoms with E-state index in [2.05, 4.69) is 84.6 Å². The van der Waals surface area contributed by atoms with E-state index < -0.39 is 0 Å². The summed E-state index contributed by atoms with van der Waals surface area (Å²) in [6, 6.07) is 27.1. The zero-order chi connectivity index (χ0) is 17.3. The molecule has 0 spiro atoms. The van der Waals surface area contributed by atoms with Gasteiger partial charge in [-0.1, -0.05) is 66.2 Å². The highest BCUT2D eigenvalue weighted by Crippen LogP contribution is 2.43. The van der Waals surface area contributed by atoms with Crippen molar-refractivity contribution in [3.63, 3.8) is 0 Å². The van der Waals surface area contributed by atoms with Crippen LogP contribution in [0, 0.1) is 6.92 Å². The fraction of sp³-hybridized carbons (Fsp3) is 0.120. The van der Waals surface area contributed by atoms with Gasteiger partial charge < -0.3 is 4.90 Å². The molecule has 26 heavy (non-hydrogen) atoms. The average Bonchev–Trinajstić information content (AvgIpc) is 3.09. The SMILES string of the molecule is Cc1ccc2c(c1)CCN2c1ccc2ccc3cccc4ccc1c2c34. The van der Waals surface area contributed by atoms with Crippen molar-refractivity contribution in [2.45, 2.75) is 13.3 Å². The smallest absolute Gasteiger partial charge is 0.0491 e. The average molecular weight is 333 g/mol. The Bertz CT molecular complexity index is 1280. The molecule has 0 saturated heterocycles. The van der Waals surface area contributed by atoms with Crippen LogP contribution in [0.5, 0.6) is 0 Å². The second kappa shape index (κ2) is 4.98. The number of fused-ring (bicyclic) bond motifs is 1. The Kier molecular flexibility index (Phi) is 2.71. The van der Waals surface area contributed by atoms with Gasteiger partial charge >= 0.3 is 0 Å². The summed E-state index contributed by atoms with van der Waals surface area (Å²) < 4.78 is 0. The quantitative estimate of drug-likeness (QED) is 0.313. The van der Waals surface area contributed by atoms with Gasteiger partial charge in [-0.05, 0) is 58.0 Å². The Balaban J connectivity index is 1.68. The van der Waals surface area contributed by atoms with Crippen molar-refractivity contribution in [3.8, 4) is 0 Å². The molecule has 0 fully saturated rings. The van der Waals surface area contributed by atoms with Crippen molar-refractivity contribution in [2.75, 3.05) is 11.4 Å². The number of anilines is 2. The Morgan fingerprint density at radius 1 is 0.692 bits per heavy atom. The molecule has 1 heterocycles. The van der Waals surface area contributed by atoms with E-state index in [0.29, 0.717) is 0 Å². The van der Waals surface area contributed by atoms with Crippen LogP contribution in [0.1, 0.15) is 11.1 Å². The summed E-state index contributed by atoms with van der Waals surface area (Å²) in [4.78, 5) is 2.50. The van der Waals surface area contributed by atoms with Gasteiger partial charge in [-0.3, -0.25) is 0 Å². The van der Waals surface area contributed by atoms with Crippen molar-refractivity contribution >= 4 is 43.7 Å². The highest BCUT2D eigenvalue weighted by molar-refractivity contribution is 6.25. The van der Waals surface area contributed by atoms with Crippen LogP contribution in [0.25, 0.3) is 32.3 Å². The lowest BCUT2D eigenvalue weighted by atomic mass is 9.93. The summed E-state index contributed by atoms with van der Waals surface area (Å²) in [5.41, 5.74) is 5.51. The molecule has 0 saturated carbocycles. The molecule has 1 heteroatoms. The lowest BCUT2D eigenvalue weighted by Crippen LogP contribution is -2.13. The molecule has 0 atom stereocenters. The van der Waals surface area contributed by atoms with Crippen molar-refractivity contribution in [2.24, 2.45) is 0 Å². The van der Waals surface area contributed by atoms with E-state index in [4.69, 9.17) is 0 Å². The number of aryl methyl sites for hydroxylation is 1. The fourth-order valence-electron chi connectivity index (χ4n) is 4.74. The van der Waals surface area contributed by atoms with Crippen molar-refractivity contribution in [1.29, 1.82) is 0 Å². The van der Waals surface area contributed by atoms with E-state index in [9.17, 15) is 0 Å². The molecule has 6 rings (SSSR count). The number of hydrogen-bond donors (Lipinski definition) is 0. The second-order valence-corrected chi connectivity index (χ2v) is 7.47. The molecule has 1 nitrogen and oxygen atoms in total. The van der Waals surface area contributed by atoms with E-state index in [1.807, 2.05) is 0 Å². The van der Waals surface area contributed by atoms with E-state index in [1.54, 1.807) is 0 Å². The maximum Gasteiger partial charge on any atom is 0.0491 e. The van der Waals surface area contributed by atoms with Crippen LogP contribution >= 0.6 is 0 Å². The monoisotopic (exact) mass is 333 g/mol. The third kappa shape index (κ3) is 1.80. The molecule has 0 unspecified atom stereocenters. The highest BCUT2D eigenvalue weighted by Gasteiger charge is 2.22. The summed E-state index contributed by atoms with van der Waals surface area (Å²) >= 11 is 0. The first-order valence-electron chi connectivity index (χ1n) is 9.33. The van der Waals surface area contributed by atoms with Crippen LogP contribution in [0.4, 0.5) is 11.4 Å². The topological polar surface area (TPSA) is 3.24 Å². The predicted molar refractivity (Wildman–Crippen MR) is 112 cm³/mol. The van der Waals surface area contributed by atoms with Gasteiger partial charge in [0.1, 0.15) is 0 Å². The van der Waals surface area contributed by atoms with Gasteiger partial charge in [0.25, 0.3) is 0 Å². The Morgan fingerprint density at radius 2 is 1.38 bits per heavy atom. The standard InChI is InChI=1S/C25H19N/c1-16-5-11-22-20(15-16)13-14-26(22)23-12-9-19-7-6-17-3-2-4-18-8-10-21(23)25(19)24(17)18/h2-12,15H,13-14H2,1H3. The van der Waals surface area contributed by atoms with Crippen LogP contribution in [-0.2, 0) is 6.42 Å².